The van der Waals surface area contributed by atoms with Gasteiger partial charge in [0.15, 0.2) is 0 Å². The predicted octanol–water partition coefficient (Wildman–Crippen LogP) is 17.7. The molecular formula is C58H37NS2. The van der Waals surface area contributed by atoms with Gasteiger partial charge >= 0.3 is 0 Å². The van der Waals surface area contributed by atoms with Crippen LogP contribution in [0.1, 0.15) is 0 Å². The molecule has 286 valence electrons. The van der Waals surface area contributed by atoms with Gasteiger partial charge in [0.1, 0.15) is 0 Å². The maximum atomic E-state index is 2.39. The van der Waals surface area contributed by atoms with E-state index in [4.69, 9.17) is 0 Å². The van der Waals surface area contributed by atoms with E-state index in [0.717, 1.165) is 17.1 Å². The molecule has 12 aromatic rings. The number of hydrogen-bond donors (Lipinski definition) is 0. The third-order valence-corrected chi connectivity index (χ3v) is 14.3. The highest BCUT2D eigenvalue weighted by Gasteiger charge is 2.17. The van der Waals surface area contributed by atoms with Gasteiger partial charge in [0, 0.05) is 57.4 Å². The maximum absolute atomic E-state index is 2.39. The fraction of sp³-hybridized carbons (Fsp3) is 0. The summed E-state index contributed by atoms with van der Waals surface area (Å²) in [5.41, 5.74) is 13.0. The SMILES string of the molecule is c1cc(-c2cccc(N(c3ccc(-c4ccc5c(c4)sc4ccccc45)cc3)c3ccc(-c4cccc5sc6ccccc6c45)cc3)c2)cc(-c2cccc3ccccc23)c1. The standard InChI is InChI=1S/C58H37NS2/c1-2-17-48-39(11-1)12-9-20-49(48)44-15-7-13-41(35-44)42-14-8-16-47(36-42)59(45-30-25-38(26-31-45)43-29-34-52-51-18-3-5-22-54(51)61-57(52)37-43)46-32-27-40(28-33-46)50-21-10-24-56-58(50)53-19-4-6-23-55(53)60-56/h1-37H. The normalized spacial score (nSPS) is 11.6. The van der Waals surface area contributed by atoms with Crippen LogP contribution < -0.4 is 4.90 Å². The molecule has 0 unspecified atom stereocenters. The quantitative estimate of drug-likeness (QED) is 0.155. The highest BCUT2D eigenvalue weighted by atomic mass is 32.1. The van der Waals surface area contributed by atoms with Gasteiger partial charge in [-0.1, -0.05) is 158 Å². The van der Waals surface area contributed by atoms with Crippen LogP contribution in [0.4, 0.5) is 17.1 Å². The molecule has 2 heterocycles. The zero-order valence-corrected chi connectivity index (χ0v) is 34.8. The van der Waals surface area contributed by atoms with Crippen LogP contribution >= 0.6 is 22.7 Å². The Kier molecular flexibility index (Phi) is 8.62. The summed E-state index contributed by atoms with van der Waals surface area (Å²) >= 11 is 3.73. The van der Waals surface area contributed by atoms with Crippen LogP contribution in [-0.2, 0) is 0 Å². The minimum atomic E-state index is 1.10. The van der Waals surface area contributed by atoms with Gasteiger partial charge in [-0.25, -0.2) is 0 Å². The van der Waals surface area contributed by atoms with Crippen molar-refractivity contribution >= 4 is 90.9 Å². The molecule has 0 bridgehead atoms. The average Bonchev–Trinajstić information content (AvgIpc) is 3.90. The van der Waals surface area contributed by atoms with Crippen LogP contribution in [0.25, 0.3) is 95.6 Å². The van der Waals surface area contributed by atoms with Gasteiger partial charge < -0.3 is 4.90 Å². The molecule has 0 N–H and O–H groups in total. The van der Waals surface area contributed by atoms with Gasteiger partial charge in [0.05, 0.1) is 0 Å². The lowest BCUT2D eigenvalue weighted by Gasteiger charge is -2.26. The summed E-state index contributed by atoms with van der Waals surface area (Å²) < 4.78 is 5.28. The number of hydrogen-bond acceptors (Lipinski definition) is 3. The molecule has 12 rings (SSSR count). The Morgan fingerprint density at radius 3 is 1.61 bits per heavy atom. The van der Waals surface area contributed by atoms with E-state index >= 15 is 0 Å². The molecular weight excluding hydrogens is 775 g/mol. The Balaban J connectivity index is 0.951. The molecule has 0 fully saturated rings. The van der Waals surface area contributed by atoms with Gasteiger partial charge in [-0.15, -0.1) is 22.7 Å². The number of nitrogens with zero attached hydrogens (tertiary/aromatic N) is 1. The molecule has 0 radical (unpaired) electrons. The molecule has 61 heavy (non-hydrogen) atoms. The van der Waals surface area contributed by atoms with Crippen molar-refractivity contribution in [2.75, 3.05) is 4.90 Å². The summed E-state index contributed by atoms with van der Waals surface area (Å²) in [6, 6.07) is 82.4. The van der Waals surface area contributed by atoms with Gasteiger partial charge in [-0.05, 0) is 122 Å². The second-order valence-corrected chi connectivity index (χ2v) is 17.8. The zero-order chi connectivity index (χ0) is 40.3. The summed E-state index contributed by atoms with van der Waals surface area (Å²) in [6.45, 7) is 0. The first-order chi connectivity index (χ1) is 30.2. The van der Waals surface area contributed by atoms with Crippen molar-refractivity contribution in [3.8, 4) is 44.5 Å². The third-order valence-electron chi connectivity index (χ3n) is 12.1. The summed E-state index contributed by atoms with van der Waals surface area (Å²) in [7, 11) is 0. The lowest BCUT2D eigenvalue weighted by atomic mass is 9.95. The van der Waals surface area contributed by atoms with E-state index in [2.05, 4.69) is 229 Å². The molecule has 0 amide bonds. The lowest BCUT2D eigenvalue weighted by molar-refractivity contribution is 1.28. The van der Waals surface area contributed by atoms with Crippen molar-refractivity contribution in [3.63, 3.8) is 0 Å². The number of rotatable bonds is 7. The first-order valence-electron chi connectivity index (χ1n) is 20.7. The summed E-state index contributed by atoms with van der Waals surface area (Å²) in [4.78, 5) is 2.39. The summed E-state index contributed by atoms with van der Waals surface area (Å²) in [6.07, 6.45) is 0. The molecule has 0 spiro atoms. The Morgan fingerprint density at radius 1 is 0.262 bits per heavy atom. The molecule has 0 atom stereocenters. The first kappa shape index (κ1) is 35.6. The largest absolute Gasteiger partial charge is 0.310 e. The fourth-order valence-corrected chi connectivity index (χ4v) is 11.4. The molecule has 3 heteroatoms. The minimum absolute atomic E-state index is 1.10. The second-order valence-electron chi connectivity index (χ2n) is 15.7. The first-order valence-corrected chi connectivity index (χ1v) is 22.4. The molecule has 2 aromatic heterocycles. The monoisotopic (exact) mass is 811 g/mol. The zero-order valence-electron chi connectivity index (χ0n) is 33.1. The van der Waals surface area contributed by atoms with Gasteiger partial charge in [-0.2, -0.15) is 0 Å². The van der Waals surface area contributed by atoms with Crippen LogP contribution in [0.5, 0.6) is 0 Å². The average molecular weight is 812 g/mol. The van der Waals surface area contributed by atoms with Gasteiger partial charge in [-0.3, -0.25) is 0 Å². The van der Waals surface area contributed by atoms with Crippen molar-refractivity contribution in [1.82, 2.24) is 0 Å². The van der Waals surface area contributed by atoms with Crippen LogP contribution in [0.2, 0.25) is 0 Å². The smallest absolute Gasteiger partial charge is 0.0467 e. The topological polar surface area (TPSA) is 3.24 Å². The molecule has 0 aliphatic rings. The van der Waals surface area contributed by atoms with Crippen LogP contribution in [0.3, 0.4) is 0 Å². The van der Waals surface area contributed by atoms with Crippen molar-refractivity contribution in [2.45, 2.75) is 0 Å². The van der Waals surface area contributed by atoms with Crippen molar-refractivity contribution < 1.29 is 0 Å². The molecule has 10 aromatic carbocycles. The van der Waals surface area contributed by atoms with E-state index in [1.54, 1.807) is 0 Å². The fourth-order valence-electron chi connectivity index (χ4n) is 9.13. The van der Waals surface area contributed by atoms with Crippen molar-refractivity contribution in [3.05, 3.63) is 224 Å². The van der Waals surface area contributed by atoms with Crippen LogP contribution in [-0.4, -0.2) is 0 Å². The number of benzene rings is 10. The van der Waals surface area contributed by atoms with Gasteiger partial charge in [0.25, 0.3) is 0 Å². The summed E-state index contributed by atoms with van der Waals surface area (Å²) in [5.74, 6) is 0. The third kappa shape index (κ3) is 6.29. The number of fused-ring (bicyclic) bond motifs is 7. The number of anilines is 3. The second kappa shape index (κ2) is 14.8. The van der Waals surface area contributed by atoms with Crippen LogP contribution in [0, 0.1) is 0 Å². The Labute approximate surface area is 362 Å². The molecule has 0 saturated heterocycles. The van der Waals surface area contributed by atoms with E-state index in [0.29, 0.717) is 0 Å². The van der Waals surface area contributed by atoms with E-state index in [9.17, 15) is 0 Å². The molecule has 0 aliphatic carbocycles. The Bertz CT molecular complexity index is 3590. The van der Waals surface area contributed by atoms with E-state index in [-0.39, 0.29) is 0 Å². The Hall–Kier alpha value is -7.30. The predicted molar refractivity (Wildman–Crippen MR) is 266 cm³/mol. The number of thiophene rings is 2. The van der Waals surface area contributed by atoms with Crippen LogP contribution in [0.15, 0.2) is 224 Å². The highest BCUT2D eigenvalue weighted by Crippen LogP contribution is 2.43. The van der Waals surface area contributed by atoms with E-state index < -0.39 is 0 Å². The minimum Gasteiger partial charge on any atom is -0.310 e. The van der Waals surface area contributed by atoms with Gasteiger partial charge in [0.2, 0.25) is 0 Å². The lowest BCUT2D eigenvalue weighted by Crippen LogP contribution is -2.10. The van der Waals surface area contributed by atoms with E-state index in [1.165, 1.54) is 95.6 Å². The Morgan fingerprint density at radius 2 is 0.787 bits per heavy atom. The molecule has 1 nitrogen and oxygen atoms in total. The molecule has 0 saturated carbocycles. The van der Waals surface area contributed by atoms with Crippen molar-refractivity contribution in [2.24, 2.45) is 0 Å². The maximum Gasteiger partial charge on any atom is 0.0467 e. The molecule has 0 aliphatic heterocycles. The highest BCUT2D eigenvalue weighted by molar-refractivity contribution is 7.26. The van der Waals surface area contributed by atoms with E-state index in [1.807, 2.05) is 22.7 Å². The van der Waals surface area contributed by atoms with Crippen molar-refractivity contribution in [1.29, 1.82) is 0 Å². The summed E-state index contributed by atoms with van der Waals surface area (Å²) in [5, 5.41) is 7.81.